The molecule has 8 heteroatoms. The maximum absolute atomic E-state index is 11.8. The molecule has 0 saturated heterocycles. The normalized spacial score (nSPS) is 11.4. The van der Waals surface area contributed by atoms with E-state index in [0.717, 1.165) is 0 Å². The molecule has 7 nitrogen and oxygen atoms in total. The van der Waals surface area contributed by atoms with Crippen LogP contribution in [0.25, 0.3) is 0 Å². The number of aromatic nitrogens is 2. The third-order valence-corrected chi connectivity index (χ3v) is 3.76. The second kappa shape index (κ2) is 5.21. The molecule has 0 fully saturated rings. The molecule has 0 atom stereocenters. The number of hydrogen-bond donors (Lipinski definition) is 3. The van der Waals surface area contributed by atoms with Gasteiger partial charge in [-0.1, -0.05) is 12.1 Å². The Morgan fingerprint density at radius 3 is 2.47 bits per heavy atom. The highest BCUT2D eigenvalue weighted by atomic mass is 32.2. The van der Waals surface area contributed by atoms with E-state index in [1.165, 1.54) is 24.4 Å². The first kappa shape index (κ1) is 13.2. The lowest BCUT2D eigenvalue weighted by atomic mass is 10.1. The Balaban J connectivity index is 2.05. The summed E-state index contributed by atoms with van der Waals surface area (Å²) in [4.78, 5) is 10.7. The van der Waals surface area contributed by atoms with Gasteiger partial charge < -0.3 is 5.11 Å². The van der Waals surface area contributed by atoms with Crippen LogP contribution in [0.2, 0.25) is 0 Å². The van der Waals surface area contributed by atoms with Crippen molar-refractivity contribution in [3.8, 4) is 0 Å². The number of carboxylic acid groups (broad SMARTS) is 1. The average molecular weight is 281 g/mol. The van der Waals surface area contributed by atoms with Crippen molar-refractivity contribution in [1.82, 2.24) is 14.9 Å². The van der Waals surface area contributed by atoms with Crippen LogP contribution in [0.3, 0.4) is 0 Å². The molecular weight excluding hydrogens is 270 g/mol. The lowest BCUT2D eigenvalue weighted by Gasteiger charge is -2.05. The van der Waals surface area contributed by atoms with Gasteiger partial charge in [-0.25, -0.2) is 17.9 Å². The van der Waals surface area contributed by atoms with Crippen molar-refractivity contribution in [3.63, 3.8) is 0 Å². The predicted octanol–water partition coefficient (Wildman–Crippen LogP) is 0.586. The highest BCUT2D eigenvalue weighted by Crippen LogP contribution is 2.07. The minimum absolute atomic E-state index is 0.0188. The molecule has 2 rings (SSSR count). The van der Waals surface area contributed by atoms with Crippen LogP contribution < -0.4 is 4.72 Å². The monoisotopic (exact) mass is 281 g/mol. The van der Waals surface area contributed by atoms with Gasteiger partial charge in [0.2, 0.25) is 0 Å². The van der Waals surface area contributed by atoms with Gasteiger partial charge in [-0.3, -0.25) is 5.10 Å². The summed E-state index contributed by atoms with van der Waals surface area (Å²) in [6.07, 6.45) is 1.34. The van der Waals surface area contributed by atoms with Crippen LogP contribution in [0.5, 0.6) is 0 Å². The summed E-state index contributed by atoms with van der Waals surface area (Å²) in [5, 5.41) is 14.6. The number of aromatic carboxylic acids is 1. The molecule has 1 aromatic heterocycles. The summed E-state index contributed by atoms with van der Waals surface area (Å²) in [7, 11) is -3.63. The summed E-state index contributed by atoms with van der Waals surface area (Å²) in [6, 6.07) is 7.29. The van der Waals surface area contributed by atoms with Crippen LogP contribution in [0.1, 0.15) is 15.9 Å². The van der Waals surface area contributed by atoms with Gasteiger partial charge in [0.25, 0.3) is 10.0 Å². The fourth-order valence-corrected chi connectivity index (χ4v) is 2.34. The van der Waals surface area contributed by atoms with Gasteiger partial charge in [0.05, 0.1) is 11.8 Å². The van der Waals surface area contributed by atoms with E-state index in [1.54, 1.807) is 12.1 Å². The first-order valence-electron chi connectivity index (χ1n) is 5.30. The van der Waals surface area contributed by atoms with Crippen LogP contribution in [-0.2, 0) is 16.6 Å². The van der Waals surface area contributed by atoms with Gasteiger partial charge in [0.15, 0.2) is 5.03 Å². The van der Waals surface area contributed by atoms with Gasteiger partial charge in [0.1, 0.15) is 0 Å². The van der Waals surface area contributed by atoms with Gasteiger partial charge >= 0.3 is 5.97 Å². The van der Waals surface area contributed by atoms with Crippen LogP contribution in [0.15, 0.2) is 41.6 Å². The van der Waals surface area contributed by atoms with E-state index in [4.69, 9.17) is 5.11 Å². The average Bonchev–Trinajstić information content (AvgIpc) is 2.91. The smallest absolute Gasteiger partial charge is 0.335 e. The molecule has 2 aromatic rings. The number of sulfonamides is 1. The molecule has 0 aliphatic rings. The lowest BCUT2D eigenvalue weighted by molar-refractivity contribution is 0.0697. The Morgan fingerprint density at radius 2 is 1.95 bits per heavy atom. The topological polar surface area (TPSA) is 112 Å². The van der Waals surface area contributed by atoms with Gasteiger partial charge in [0, 0.05) is 6.54 Å². The van der Waals surface area contributed by atoms with Crippen molar-refractivity contribution in [2.24, 2.45) is 0 Å². The number of nitrogens with zero attached hydrogens (tertiary/aromatic N) is 1. The first-order chi connectivity index (χ1) is 8.99. The molecule has 0 saturated carbocycles. The number of hydrogen-bond acceptors (Lipinski definition) is 4. The molecule has 1 heterocycles. The molecule has 100 valence electrons. The van der Waals surface area contributed by atoms with E-state index < -0.39 is 16.0 Å². The number of benzene rings is 1. The van der Waals surface area contributed by atoms with Gasteiger partial charge in [-0.2, -0.15) is 5.10 Å². The van der Waals surface area contributed by atoms with Crippen LogP contribution >= 0.6 is 0 Å². The zero-order chi connectivity index (χ0) is 13.9. The van der Waals surface area contributed by atoms with E-state index in [2.05, 4.69) is 14.9 Å². The van der Waals surface area contributed by atoms with Crippen molar-refractivity contribution in [2.45, 2.75) is 11.6 Å². The zero-order valence-electron chi connectivity index (χ0n) is 9.70. The zero-order valence-corrected chi connectivity index (χ0v) is 10.5. The fraction of sp³-hybridized carbons (Fsp3) is 0.0909. The maximum Gasteiger partial charge on any atom is 0.335 e. The Morgan fingerprint density at radius 1 is 1.26 bits per heavy atom. The maximum atomic E-state index is 11.8. The standard InChI is InChI=1S/C11H11N3O4S/c15-11(16)9-3-1-8(2-4-9)7-13-19(17,18)10-5-6-12-14-10/h1-6,13H,7H2,(H,12,14)(H,15,16). The number of H-pyrrole nitrogens is 1. The first-order valence-corrected chi connectivity index (χ1v) is 6.78. The minimum Gasteiger partial charge on any atom is -0.478 e. The molecule has 0 aliphatic carbocycles. The van der Waals surface area contributed by atoms with Crippen molar-refractivity contribution in [2.75, 3.05) is 0 Å². The highest BCUT2D eigenvalue weighted by Gasteiger charge is 2.14. The molecule has 0 amide bonds. The Bertz CT molecular complexity index is 662. The van der Waals surface area contributed by atoms with Gasteiger partial charge in [-0.15, -0.1) is 0 Å². The largest absolute Gasteiger partial charge is 0.478 e. The quantitative estimate of drug-likeness (QED) is 0.742. The number of carboxylic acids is 1. The Hall–Kier alpha value is -2.19. The summed E-state index contributed by atoms with van der Waals surface area (Å²) in [5.74, 6) is -1.02. The number of carbonyl (C=O) groups is 1. The summed E-state index contributed by atoms with van der Waals surface area (Å²) in [5.41, 5.74) is 0.813. The van der Waals surface area contributed by atoms with Crippen molar-refractivity contribution >= 4 is 16.0 Å². The lowest BCUT2D eigenvalue weighted by Crippen LogP contribution is -2.23. The number of rotatable bonds is 5. The second-order valence-corrected chi connectivity index (χ2v) is 5.48. The molecule has 0 unspecified atom stereocenters. The molecule has 0 radical (unpaired) electrons. The molecule has 3 N–H and O–H groups in total. The fourth-order valence-electron chi connectivity index (χ4n) is 1.41. The van der Waals surface area contributed by atoms with Crippen LogP contribution in [-0.4, -0.2) is 29.7 Å². The Labute approximate surface area is 109 Å². The molecule has 19 heavy (non-hydrogen) atoms. The SMILES string of the molecule is O=C(O)c1ccc(CNS(=O)(=O)c2ccn[nH]2)cc1. The molecule has 1 aromatic carbocycles. The highest BCUT2D eigenvalue weighted by molar-refractivity contribution is 7.89. The van der Waals surface area contributed by atoms with Crippen LogP contribution in [0, 0.1) is 0 Å². The predicted molar refractivity (Wildman–Crippen MR) is 66.0 cm³/mol. The van der Waals surface area contributed by atoms with E-state index in [1.807, 2.05) is 0 Å². The second-order valence-electron chi connectivity index (χ2n) is 3.75. The number of nitrogens with one attached hydrogen (secondary N) is 2. The molecular formula is C11H11N3O4S. The number of aromatic amines is 1. The summed E-state index contributed by atoms with van der Waals surface area (Å²) in [6.45, 7) is 0.0707. The van der Waals surface area contributed by atoms with Crippen molar-refractivity contribution in [1.29, 1.82) is 0 Å². The third-order valence-electron chi connectivity index (χ3n) is 2.43. The molecule has 0 aliphatic heterocycles. The Kier molecular flexibility index (Phi) is 3.63. The minimum atomic E-state index is -3.63. The van der Waals surface area contributed by atoms with Gasteiger partial charge in [-0.05, 0) is 23.8 Å². The molecule has 0 bridgehead atoms. The molecule has 0 spiro atoms. The van der Waals surface area contributed by atoms with Crippen molar-refractivity contribution in [3.05, 3.63) is 47.7 Å². The third kappa shape index (κ3) is 3.18. The van der Waals surface area contributed by atoms with Crippen LogP contribution in [0.4, 0.5) is 0 Å². The van der Waals surface area contributed by atoms with Crippen molar-refractivity contribution < 1.29 is 18.3 Å². The summed E-state index contributed by atoms with van der Waals surface area (Å²) >= 11 is 0. The van der Waals surface area contributed by atoms with E-state index in [-0.39, 0.29) is 17.1 Å². The van der Waals surface area contributed by atoms with E-state index in [0.29, 0.717) is 5.56 Å². The van der Waals surface area contributed by atoms with E-state index >= 15 is 0 Å². The van der Waals surface area contributed by atoms with E-state index in [9.17, 15) is 13.2 Å². The summed E-state index contributed by atoms with van der Waals surface area (Å²) < 4.78 is 25.9.